The minimum atomic E-state index is -9.77. The van der Waals surface area contributed by atoms with E-state index < -0.39 is 21.0 Å². The van der Waals surface area contributed by atoms with Crippen molar-refractivity contribution in [2.75, 3.05) is 23.3 Å². The molecule has 1 amide bonds. The Balaban J connectivity index is 1.62. The van der Waals surface area contributed by atoms with Gasteiger partial charge in [-0.3, -0.25) is 4.79 Å². The molecule has 1 aromatic carbocycles. The predicted octanol–water partition coefficient (Wildman–Crippen LogP) is 6.05. The largest absolute Gasteiger partial charge is 0.356 e. The summed E-state index contributed by atoms with van der Waals surface area (Å²) in [5, 5.41) is 2.41. The van der Waals surface area contributed by atoms with E-state index in [0.29, 0.717) is 16.9 Å². The fraction of sp³-hybridized carbons (Fsp3) is 0.200. The number of carbonyl (C=O) groups excluding carboxylic acids is 1. The normalized spacial score (nSPS) is 16.3. The van der Waals surface area contributed by atoms with Crippen LogP contribution in [0.1, 0.15) is 23.2 Å². The number of halogens is 5. The molecular weight excluding hydrogens is 453 g/mol. The highest BCUT2D eigenvalue weighted by molar-refractivity contribution is 8.45. The summed E-state index contributed by atoms with van der Waals surface area (Å²) in [5.41, 5.74) is 1.37. The van der Waals surface area contributed by atoms with Gasteiger partial charge < -0.3 is 10.2 Å². The third-order valence-corrected chi connectivity index (χ3v) is 6.13. The first-order chi connectivity index (χ1) is 14.9. The molecule has 0 unspecified atom stereocenters. The minimum Gasteiger partial charge on any atom is -0.356 e. The molecule has 6 nitrogen and oxygen atoms in total. The summed E-state index contributed by atoms with van der Waals surface area (Å²) in [7, 11) is -9.77. The maximum absolute atomic E-state index is 12.9. The molecule has 0 saturated carbocycles. The monoisotopic (exact) mass is 471 g/mol. The Labute approximate surface area is 180 Å². The van der Waals surface area contributed by atoms with Gasteiger partial charge >= 0.3 is 10.2 Å². The van der Waals surface area contributed by atoms with Crippen molar-refractivity contribution in [2.24, 2.45) is 0 Å². The van der Waals surface area contributed by atoms with Crippen molar-refractivity contribution in [3.8, 4) is 11.1 Å². The van der Waals surface area contributed by atoms with Crippen LogP contribution in [0.15, 0.2) is 60.1 Å². The van der Waals surface area contributed by atoms with Crippen LogP contribution in [0.3, 0.4) is 0 Å². The summed E-state index contributed by atoms with van der Waals surface area (Å²) in [6.45, 7) is 1.63. The van der Waals surface area contributed by atoms with Gasteiger partial charge in [0.05, 0.1) is 5.56 Å². The first-order valence-corrected chi connectivity index (χ1v) is 11.5. The molecule has 3 aromatic rings. The number of benzene rings is 1. The second kappa shape index (κ2) is 7.12. The summed E-state index contributed by atoms with van der Waals surface area (Å²) in [4.78, 5) is 25.2. The first kappa shape index (κ1) is 21.9. The Morgan fingerprint density at radius 2 is 1.56 bits per heavy atom. The quantitative estimate of drug-likeness (QED) is 0.459. The molecule has 0 radical (unpaired) electrons. The van der Waals surface area contributed by atoms with Gasteiger partial charge in [0.25, 0.3) is 5.91 Å². The van der Waals surface area contributed by atoms with Crippen molar-refractivity contribution >= 4 is 27.6 Å². The van der Waals surface area contributed by atoms with Crippen molar-refractivity contribution < 1.29 is 24.2 Å². The van der Waals surface area contributed by atoms with Gasteiger partial charge in [0.1, 0.15) is 17.0 Å². The molecule has 4 rings (SSSR count). The van der Waals surface area contributed by atoms with Crippen molar-refractivity contribution in [1.29, 1.82) is 0 Å². The van der Waals surface area contributed by atoms with Gasteiger partial charge in [-0.2, -0.15) is 0 Å². The zero-order chi connectivity index (χ0) is 23.0. The summed E-state index contributed by atoms with van der Waals surface area (Å²) < 4.78 is 64.3. The molecule has 2 aromatic heterocycles. The predicted molar refractivity (Wildman–Crippen MR) is 113 cm³/mol. The van der Waals surface area contributed by atoms with Gasteiger partial charge in [-0.15, -0.1) is 0 Å². The second-order valence-electron chi connectivity index (χ2n) is 7.36. The number of hydrogen-bond donors (Lipinski definition) is 1. The minimum absolute atomic E-state index is 0.0613. The molecule has 1 fully saturated rings. The highest BCUT2D eigenvalue weighted by Crippen LogP contribution is 3.02. The van der Waals surface area contributed by atoms with E-state index >= 15 is 0 Å². The lowest BCUT2D eigenvalue weighted by Crippen LogP contribution is -2.21. The van der Waals surface area contributed by atoms with Gasteiger partial charge in [0, 0.05) is 48.5 Å². The number of pyridine rings is 1. The topological polar surface area (TPSA) is 71.0 Å². The number of carbonyl (C=O) groups is 1. The summed E-state index contributed by atoms with van der Waals surface area (Å²) in [5.74, 6) is 0.0257. The molecule has 170 valence electrons. The number of rotatable bonds is 5. The number of amides is 1. The Morgan fingerprint density at radius 3 is 2.16 bits per heavy atom. The Bertz CT molecular complexity index is 1150. The maximum Gasteiger partial charge on any atom is 0.310 e. The van der Waals surface area contributed by atoms with Crippen LogP contribution in [0.2, 0.25) is 0 Å². The van der Waals surface area contributed by atoms with Gasteiger partial charge in [-0.25, -0.2) is 15.0 Å². The lowest BCUT2D eigenvalue weighted by molar-refractivity contribution is 0.102. The Morgan fingerprint density at radius 1 is 0.938 bits per heavy atom. The van der Waals surface area contributed by atoms with E-state index in [1.54, 1.807) is 18.5 Å². The number of anilines is 2. The van der Waals surface area contributed by atoms with E-state index in [0.717, 1.165) is 38.1 Å². The van der Waals surface area contributed by atoms with Crippen LogP contribution in [0, 0.1) is 0 Å². The van der Waals surface area contributed by atoms with Crippen LogP contribution in [0.5, 0.6) is 0 Å². The molecule has 0 bridgehead atoms. The van der Waals surface area contributed by atoms with Crippen LogP contribution in [0.25, 0.3) is 11.1 Å². The van der Waals surface area contributed by atoms with E-state index in [1.807, 2.05) is 0 Å². The summed E-state index contributed by atoms with van der Waals surface area (Å²) in [6, 6.07) is 3.65. The van der Waals surface area contributed by atoms with Crippen LogP contribution in [0.4, 0.5) is 30.9 Å². The molecule has 0 aliphatic carbocycles. The molecule has 3 heterocycles. The highest BCUT2D eigenvalue weighted by atomic mass is 32.5. The average molecular weight is 471 g/mol. The summed E-state index contributed by atoms with van der Waals surface area (Å²) >= 11 is 0. The van der Waals surface area contributed by atoms with Gasteiger partial charge in [-0.1, -0.05) is 19.4 Å². The molecule has 0 atom stereocenters. The third-order valence-electron chi connectivity index (χ3n) is 4.96. The Kier molecular flexibility index (Phi) is 4.88. The molecule has 1 saturated heterocycles. The van der Waals surface area contributed by atoms with Gasteiger partial charge in [0.15, 0.2) is 0 Å². The Hall–Kier alpha value is -3.28. The molecule has 12 heteroatoms. The summed E-state index contributed by atoms with van der Waals surface area (Å²) in [6.07, 6.45) is 7.94. The molecule has 1 aliphatic rings. The fourth-order valence-corrected chi connectivity index (χ4v) is 4.06. The van der Waals surface area contributed by atoms with Crippen LogP contribution < -0.4 is 10.2 Å². The number of aromatic nitrogens is 3. The highest BCUT2D eigenvalue weighted by Gasteiger charge is 2.65. The van der Waals surface area contributed by atoms with Crippen LogP contribution in [-0.4, -0.2) is 33.9 Å². The SMILES string of the molecule is O=C(Nc1ccc(S(F)(F)(F)(F)F)cc1)c1cnc(N2CCCC2)c(-c2cncnc2)c1. The number of nitrogens with one attached hydrogen (secondary N) is 1. The zero-order valence-electron chi connectivity index (χ0n) is 16.5. The van der Waals surface area contributed by atoms with Crippen LogP contribution >= 0.6 is 10.2 Å². The van der Waals surface area contributed by atoms with Crippen molar-refractivity contribution in [2.45, 2.75) is 17.7 Å². The first-order valence-electron chi connectivity index (χ1n) is 9.57. The van der Waals surface area contributed by atoms with Crippen molar-refractivity contribution in [3.05, 3.63) is 60.8 Å². The van der Waals surface area contributed by atoms with Gasteiger partial charge in [-0.05, 0) is 43.2 Å². The molecule has 0 spiro atoms. The molecule has 1 aliphatic heterocycles. The van der Waals surface area contributed by atoms with Gasteiger partial charge in [0.2, 0.25) is 0 Å². The van der Waals surface area contributed by atoms with E-state index in [1.165, 1.54) is 12.5 Å². The van der Waals surface area contributed by atoms with E-state index in [9.17, 15) is 24.2 Å². The van der Waals surface area contributed by atoms with E-state index in [2.05, 4.69) is 25.2 Å². The van der Waals surface area contributed by atoms with E-state index in [-0.39, 0.29) is 23.4 Å². The third kappa shape index (κ3) is 4.79. The molecule has 32 heavy (non-hydrogen) atoms. The maximum atomic E-state index is 12.9. The lowest BCUT2D eigenvalue weighted by atomic mass is 10.1. The van der Waals surface area contributed by atoms with Crippen LogP contribution in [-0.2, 0) is 0 Å². The lowest BCUT2D eigenvalue weighted by Gasteiger charge is -2.40. The van der Waals surface area contributed by atoms with Crippen molar-refractivity contribution in [1.82, 2.24) is 15.0 Å². The number of nitrogens with zero attached hydrogens (tertiary/aromatic N) is 4. The molecular formula is C20H18F5N5OS. The fourth-order valence-electron chi connectivity index (χ4n) is 3.41. The van der Waals surface area contributed by atoms with E-state index in [4.69, 9.17) is 0 Å². The number of hydrogen-bond acceptors (Lipinski definition) is 5. The standard InChI is InChI=1S/C20H18F5N5OS/c21-32(22,23,24,25)17-5-3-16(4-6-17)29-20(31)14-9-18(15-10-26-13-27-11-15)19(28-12-14)30-7-1-2-8-30/h3-6,9-13H,1-2,7-8H2,(H,29,31). The smallest absolute Gasteiger partial charge is 0.310 e. The second-order valence-corrected chi connectivity index (χ2v) is 9.77. The van der Waals surface area contributed by atoms with Crippen molar-refractivity contribution in [3.63, 3.8) is 0 Å². The average Bonchev–Trinajstić information content (AvgIpc) is 3.27. The molecule has 1 N–H and O–H groups in total. The zero-order valence-corrected chi connectivity index (χ0v) is 17.3.